The Morgan fingerprint density at radius 1 is 1.16 bits per heavy atom. The van der Waals surface area contributed by atoms with Crippen molar-refractivity contribution in [3.8, 4) is 5.75 Å². The lowest BCUT2D eigenvalue weighted by molar-refractivity contribution is -0.139. The standard InChI is InChI=1S/C24H30N2O4S/c1-14-8-11-31-23(14)20-19(22(28)24(29)26(20)10-7-9-25(4)5)21(27)17-12-16(3)18(30-6)13-15(17)2/h8,11-13,20,27H,7,9-10H2,1-6H3/b21-19+. The Balaban J connectivity index is 2.14. The first-order chi connectivity index (χ1) is 14.7. The summed E-state index contributed by atoms with van der Waals surface area (Å²) in [6.07, 6.45) is 0.738. The fraction of sp³-hybridized carbons (Fsp3) is 0.417. The molecule has 2 heterocycles. The van der Waals surface area contributed by atoms with Crippen LogP contribution in [0.25, 0.3) is 5.76 Å². The predicted octanol–water partition coefficient (Wildman–Crippen LogP) is 4.06. The fourth-order valence-corrected chi connectivity index (χ4v) is 5.06. The summed E-state index contributed by atoms with van der Waals surface area (Å²) < 4.78 is 5.37. The number of aliphatic hydroxyl groups excluding tert-OH is 1. The number of carbonyl (C=O) groups excluding carboxylic acids is 2. The summed E-state index contributed by atoms with van der Waals surface area (Å²) in [4.78, 5) is 30.7. The number of hydrogen-bond donors (Lipinski definition) is 1. The minimum atomic E-state index is -0.631. The highest BCUT2D eigenvalue weighted by atomic mass is 32.1. The molecule has 0 saturated carbocycles. The summed E-state index contributed by atoms with van der Waals surface area (Å²) in [5, 5.41) is 13.3. The van der Waals surface area contributed by atoms with Crippen molar-refractivity contribution >= 4 is 28.8 Å². The van der Waals surface area contributed by atoms with E-state index in [0.717, 1.165) is 34.5 Å². The molecule has 1 amide bonds. The number of ether oxygens (including phenoxy) is 1. The minimum Gasteiger partial charge on any atom is -0.507 e. The number of rotatable bonds is 7. The van der Waals surface area contributed by atoms with E-state index in [1.807, 2.05) is 57.3 Å². The molecule has 0 spiro atoms. The van der Waals surface area contributed by atoms with Crippen molar-refractivity contribution in [2.75, 3.05) is 34.3 Å². The zero-order valence-corrected chi connectivity index (χ0v) is 19.8. The third-order valence-corrected chi connectivity index (χ3v) is 6.76. The van der Waals surface area contributed by atoms with Crippen molar-refractivity contribution in [1.82, 2.24) is 9.80 Å². The zero-order valence-electron chi connectivity index (χ0n) is 19.0. The van der Waals surface area contributed by atoms with E-state index in [1.165, 1.54) is 11.3 Å². The summed E-state index contributed by atoms with van der Waals surface area (Å²) >= 11 is 1.50. The largest absolute Gasteiger partial charge is 0.507 e. The van der Waals surface area contributed by atoms with E-state index in [2.05, 4.69) is 0 Å². The van der Waals surface area contributed by atoms with Crippen molar-refractivity contribution in [3.05, 3.63) is 56.3 Å². The number of ketones is 1. The van der Waals surface area contributed by atoms with Crippen LogP contribution in [-0.4, -0.2) is 60.9 Å². The van der Waals surface area contributed by atoms with Gasteiger partial charge in [0.2, 0.25) is 0 Å². The van der Waals surface area contributed by atoms with Gasteiger partial charge in [0.05, 0.1) is 18.7 Å². The van der Waals surface area contributed by atoms with Crippen LogP contribution >= 0.6 is 11.3 Å². The lowest BCUT2D eigenvalue weighted by Crippen LogP contribution is -2.32. The molecule has 1 aliphatic heterocycles. The Hall–Kier alpha value is -2.64. The summed E-state index contributed by atoms with van der Waals surface area (Å²) in [5.74, 6) is -0.604. The smallest absolute Gasteiger partial charge is 0.295 e. The molecule has 3 rings (SSSR count). The molecule has 1 aliphatic rings. The van der Waals surface area contributed by atoms with Crippen molar-refractivity contribution < 1.29 is 19.4 Å². The van der Waals surface area contributed by atoms with Crippen LogP contribution in [0.15, 0.2) is 29.2 Å². The average Bonchev–Trinajstić information content (AvgIpc) is 3.24. The molecule has 1 unspecified atom stereocenters. The van der Waals surface area contributed by atoms with Crippen LogP contribution in [-0.2, 0) is 9.59 Å². The number of hydrogen-bond acceptors (Lipinski definition) is 6. The minimum absolute atomic E-state index is 0.130. The molecule has 1 aromatic carbocycles. The van der Waals surface area contributed by atoms with Gasteiger partial charge in [0.15, 0.2) is 0 Å². The Morgan fingerprint density at radius 3 is 2.45 bits per heavy atom. The van der Waals surface area contributed by atoms with E-state index < -0.39 is 17.7 Å². The van der Waals surface area contributed by atoms with E-state index in [9.17, 15) is 14.7 Å². The number of methoxy groups -OCH3 is 1. The van der Waals surface area contributed by atoms with E-state index in [0.29, 0.717) is 17.9 Å². The van der Waals surface area contributed by atoms with Crippen LogP contribution in [0.1, 0.15) is 39.6 Å². The van der Waals surface area contributed by atoms with Gasteiger partial charge in [0.1, 0.15) is 11.5 Å². The van der Waals surface area contributed by atoms with Gasteiger partial charge in [0, 0.05) is 17.0 Å². The Bertz CT molecular complexity index is 1040. The molecule has 0 aliphatic carbocycles. The molecular weight excluding hydrogens is 412 g/mol. The number of Topliss-reactive ketones (excluding diaryl/α,β-unsaturated/α-hetero) is 1. The maximum atomic E-state index is 13.1. The maximum Gasteiger partial charge on any atom is 0.295 e. The van der Waals surface area contributed by atoms with E-state index >= 15 is 0 Å². The van der Waals surface area contributed by atoms with E-state index in [4.69, 9.17) is 4.74 Å². The number of amides is 1. The van der Waals surface area contributed by atoms with Crippen molar-refractivity contribution in [1.29, 1.82) is 0 Å². The molecule has 0 bridgehead atoms. The van der Waals surface area contributed by atoms with Crippen molar-refractivity contribution in [2.24, 2.45) is 0 Å². The van der Waals surface area contributed by atoms with Crippen LogP contribution in [0.3, 0.4) is 0 Å². The first-order valence-corrected chi connectivity index (χ1v) is 11.2. The maximum absolute atomic E-state index is 13.1. The topological polar surface area (TPSA) is 70.1 Å². The highest BCUT2D eigenvalue weighted by Crippen LogP contribution is 2.43. The normalized spacial score (nSPS) is 18.3. The quantitative estimate of drug-likeness (QED) is 0.398. The molecule has 1 atom stereocenters. The van der Waals surface area contributed by atoms with Crippen molar-refractivity contribution in [2.45, 2.75) is 33.2 Å². The fourth-order valence-electron chi connectivity index (χ4n) is 4.01. The lowest BCUT2D eigenvalue weighted by atomic mass is 9.95. The number of benzene rings is 1. The molecule has 1 saturated heterocycles. The number of carbonyl (C=O) groups is 2. The number of nitrogens with zero attached hydrogens (tertiary/aromatic N) is 2. The highest BCUT2D eigenvalue weighted by Gasteiger charge is 2.46. The van der Waals surface area contributed by atoms with Crippen LogP contribution < -0.4 is 4.74 Å². The zero-order chi connectivity index (χ0) is 22.9. The number of thiophene rings is 1. The van der Waals surface area contributed by atoms with Gasteiger partial charge in [-0.3, -0.25) is 9.59 Å². The molecule has 1 fully saturated rings. The van der Waals surface area contributed by atoms with Crippen LogP contribution in [0, 0.1) is 20.8 Å². The third kappa shape index (κ3) is 4.38. The van der Waals surface area contributed by atoms with Gasteiger partial charge in [-0.25, -0.2) is 0 Å². The lowest BCUT2D eigenvalue weighted by Gasteiger charge is -2.25. The average molecular weight is 443 g/mol. The third-order valence-electron chi connectivity index (χ3n) is 5.69. The second-order valence-electron chi connectivity index (χ2n) is 8.25. The number of aryl methyl sites for hydroxylation is 3. The summed E-state index contributed by atoms with van der Waals surface area (Å²) in [7, 11) is 5.55. The predicted molar refractivity (Wildman–Crippen MR) is 124 cm³/mol. The van der Waals surface area contributed by atoms with Gasteiger partial charge >= 0.3 is 0 Å². The summed E-state index contributed by atoms with van der Waals surface area (Å²) in [6.45, 7) is 6.96. The number of likely N-dealkylation sites (tertiary alicyclic amines) is 1. The van der Waals surface area contributed by atoms with Gasteiger partial charge in [0.25, 0.3) is 11.7 Å². The Kier molecular flexibility index (Phi) is 6.86. The van der Waals surface area contributed by atoms with Gasteiger partial charge in [-0.15, -0.1) is 11.3 Å². The molecule has 1 N–H and O–H groups in total. The monoisotopic (exact) mass is 442 g/mol. The molecule has 7 heteroatoms. The molecule has 0 radical (unpaired) electrons. The first kappa shape index (κ1) is 23.0. The second-order valence-corrected chi connectivity index (χ2v) is 9.20. The summed E-state index contributed by atoms with van der Waals surface area (Å²) in [6, 6.07) is 5.04. The van der Waals surface area contributed by atoms with E-state index in [-0.39, 0.29) is 11.3 Å². The van der Waals surface area contributed by atoms with Gasteiger partial charge in [-0.1, -0.05) is 0 Å². The Morgan fingerprint density at radius 2 is 1.87 bits per heavy atom. The molecule has 1 aromatic heterocycles. The van der Waals surface area contributed by atoms with Crippen molar-refractivity contribution in [3.63, 3.8) is 0 Å². The highest BCUT2D eigenvalue weighted by molar-refractivity contribution is 7.10. The van der Waals surface area contributed by atoms with Gasteiger partial charge in [-0.05, 0) is 88.1 Å². The molecular formula is C24H30N2O4S. The first-order valence-electron chi connectivity index (χ1n) is 10.3. The molecule has 31 heavy (non-hydrogen) atoms. The summed E-state index contributed by atoms with van der Waals surface area (Å²) in [5.41, 5.74) is 3.33. The van der Waals surface area contributed by atoms with Gasteiger partial charge in [-0.2, -0.15) is 0 Å². The van der Waals surface area contributed by atoms with Crippen LogP contribution in [0.4, 0.5) is 0 Å². The molecule has 2 aromatic rings. The Labute approximate surface area is 187 Å². The second kappa shape index (κ2) is 9.24. The van der Waals surface area contributed by atoms with Gasteiger partial charge < -0.3 is 19.6 Å². The SMILES string of the molecule is COc1cc(C)c(/C(O)=C2\C(=O)C(=O)N(CCCN(C)C)C2c2sccc2C)cc1C. The molecule has 6 nitrogen and oxygen atoms in total. The number of aliphatic hydroxyl groups is 1. The molecule has 166 valence electrons. The van der Waals surface area contributed by atoms with E-state index in [1.54, 1.807) is 18.1 Å². The van der Waals surface area contributed by atoms with Crippen LogP contribution in [0.2, 0.25) is 0 Å². The van der Waals surface area contributed by atoms with Crippen LogP contribution in [0.5, 0.6) is 5.75 Å².